The molecule has 1 atom stereocenters. The van der Waals surface area contributed by atoms with Crippen molar-refractivity contribution in [2.75, 3.05) is 13.2 Å². The molecule has 0 aliphatic carbocycles. The highest BCUT2D eigenvalue weighted by Gasteiger charge is 2.30. The summed E-state index contributed by atoms with van der Waals surface area (Å²) in [7, 11) is 0. The maximum atomic E-state index is 12.7. The van der Waals surface area contributed by atoms with E-state index < -0.39 is 0 Å². The van der Waals surface area contributed by atoms with Crippen LogP contribution in [0.1, 0.15) is 47.7 Å². The molecule has 1 N–H and O–H groups in total. The van der Waals surface area contributed by atoms with Crippen molar-refractivity contribution in [3.05, 3.63) is 47.8 Å². The van der Waals surface area contributed by atoms with Crippen LogP contribution in [0.15, 0.2) is 30.7 Å². The van der Waals surface area contributed by atoms with E-state index >= 15 is 0 Å². The molecule has 0 spiro atoms. The van der Waals surface area contributed by atoms with E-state index in [9.17, 15) is 4.79 Å². The Hall–Kier alpha value is -2.72. The van der Waals surface area contributed by atoms with Gasteiger partial charge in [0.1, 0.15) is 17.6 Å². The Morgan fingerprint density at radius 1 is 1.44 bits per heavy atom. The number of aryl methyl sites for hydroxylation is 1. The van der Waals surface area contributed by atoms with Gasteiger partial charge in [-0.25, -0.2) is 9.97 Å². The second kappa shape index (κ2) is 7.90. The molecule has 1 aliphatic heterocycles. The number of nitriles is 1. The Morgan fingerprint density at radius 3 is 2.88 bits per heavy atom. The van der Waals surface area contributed by atoms with Gasteiger partial charge in [0, 0.05) is 38.3 Å². The van der Waals surface area contributed by atoms with Crippen molar-refractivity contribution < 1.29 is 9.53 Å². The molecule has 1 unspecified atom stereocenters. The Morgan fingerprint density at radius 2 is 2.24 bits per heavy atom. The van der Waals surface area contributed by atoms with Gasteiger partial charge in [0.15, 0.2) is 0 Å². The summed E-state index contributed by atoms with van der Waals surface area (Å²) in [6, 6.07) is 4.98. The zero-order valence-corrected chi connectivity index (χ0v) is 14.2. The number of amides is 1. The fraction of sp³-hybridized carbons (Fsp3) is 0.444. The minimum absolute atomic E-state index is 0.191. The Labute approximate surface area is 146 Å². The number of aromatic nitrogens is 3. The number of pyridine rings is 1. The molecular formula is C18H21N5O2. The molecule has 3 rings (SSSR count). The lowest BCUT2D eigenvalue weighted by Gasteiger charge is -2.30. The van der Waals surface area contributed by atoms with Crippen molar-refractivity contribution in [1.29, 1.82) is 5.26 Å². The van der Waals surface area contributed by atoms with Gasteiger partial charge in [0.2, 0.25) is 0 Å². The predicted molar refractivity (Wildman–Crippen MR) is 90.6 cm³/mol. The number of imidazole rings is 1. The molecule has 7 heteroatoms. The minimum atomic E-state index is -0.258. The van der Waals surface area contributed by atoms with E-state index in [-0.39, 0.29) is 17.9 Å². The first kappa shape index (κ1) is 17.1. The van der Waals surface area contributed by atoms with Crippen molar-refractivity contribution in [2.45, 2.75) is 32.4 Å². The number of hydrogen-bond acceptors (Lipinski definition) is 5. The molecule has 3 heterocycles. The highest BCUT2D eigenvalue weighted by molar-refractivity contribution is 5.92. The van der Waals surface area contributed by atoms with Crippen LogP contribution in [0.4, 0.5) is 0 Å². The second-order valence-corrected chi connectivity index (χ2v) is 6.02. The number of ether oxygens (including phenoxy) is 1. The number of rotatable bonds is 5. The summed E-state index contributed by atoms with van der Waals surface area (Å²) in [5, 5.41) is 11.9. The third-order valence-corrected chi connectivity index (χ3v) is 4.52. The van der Waals surface area contributed by atoms with Crippen molar-refractivity contribution in [2.24, 2.45) is 5.92 Å². The van der Waals surface area contributed by atoms with E-state index in [2.05, 4.69) is 22.2 Å². The summed E-state index contributed by atoms with van der Waals surface area (Å²) in [5.41, 5.74) is 0.727. The van der Waals surface area contributed by atoms with Crippen LogP contribution < -0.4 is 5.32 Å². The zero-order chi connectivity index (χ0) is 17.6. The van der Waals surface area contributed by atoms with E-state index in [1.807, 2.05) is 16.8 Å². The quantitative estimate of drug-likeness (QED) is 0.900. The molecule has 0 bridgehead atoms. The number of nitrogens with one attached hydrogen (secondary N) is 1. The molecule has 0 radical (unpaired) electrons. The van der Waals surface area contributed by atoms with Gasteiger partial charge in [-0.2, -0.15) is 5.26 Å². The zero-order valence-electron chi connectivity index (χ0n) is 14.2. The molecule has 25 heavy (non-hydrogen) atoms. The molecule has 1 amide bonds. The number of carbonyl (C=O) groups excluding carboxylic acids is 1. The van der Waals surface area contributed by atoms with Crippen molar-refractivity contribution in [3.8, 4) is 6.07 Å². The smallest absolute Gasteiger partial charge is 0.270 e. The molecule has 2 aromatic heterocycles. The normalized spacial score (nSPS) is 16.2. The highest BCUT2D eigenvalue weighted by Crippen LogP contribution is 2.29. The molecule has 130 valence electrons. The summed E-state index contributed by atoms with van der Waals surface area (Å²) >= 11 is 0. The predicted octanol–water partition coefficient (Wildman–Crippen LogP) is 2.07. The topological polar surface area (TPSA) is 92.8 Å². The maximum absolute atomic E-state index is 12.7. The van der Waals surface area contributed by atoms with Crippen LogP contribution >= 0.6 is 0 Å². The molecule has 1 saturated heterocycles. The summed E-state index contributed by atoms with van der Waals surface area (Å²) in [4.78, 5) is 21.2. The lowest BCUT2D eigenvalue weighted by molar-refractivity contribution is 0.0497. The maximum Gasteiger partial charge on any atom is 0.270 e. The first-order valence-corrected chi connectivity index (χ1v) is 8.48. The van der Waals surface area contributed by atoms with Gasteiger partial charge in [-0.15, -0.1) is 0 Å². The van der Waals surface area contributed by atoms with Crippen LogP contribution in [-0.4, -0.2) is 33.7 Å². The SMILES string of the molecule is CCn1ccnc1C(NC(=O)c1ccc(C#N)cn1)C1CCOCC1. The van der Waals surface area contributed by atoms with Gasteiger partial charge < -0.3 is 14.6 Å². The lowest BCUT2D eigenvalue weighted by Crippen LogP contribution is -2.38. The van der Waals surface area contributed by atoms with Crippen LogP contribution in [-0.2, 0) is 11.3 Å². The van der Waals surface area contributed by atoms with Crippen LogP contribution in [0, 0.1) is 17.2 Å². The first-order valence-electron chi connectivity index (χ1n) is 8.48. The van der Waals surface area contributed by atoms with E-state index in [1.54, 1.807) is 18.3 Å². The monoisotopic (exact) mass is 339 g/mol. The average Bonchev–Trinajstić information content (AvgIpc) is 3.15. The minimum Gasteiger partial charge on any atom is -0.381 e. The van der Waals surface area contributed by atoms with Gasteiger partial charge in [-0.1, -0.05) is 0 Å². The van der Waals surface area contributed by atoms with Crippen LogP contribution in [0.5, 0.6) is 0 Å². The Balaban J connectivity index is 1.83. The van der Waals surface area contributed by atoms with Gasteiger partial charge in [0.05, 0.1) is 11.6 Å². The van der Waals surface area contributed by atoms with Crippen molar-refractivity contribution in [1.82, 2.24) is 19.9 Å². The fourth-order valence-electron chi connectivity index (χ4n) is 3.12. The van der Waals surface area contributed by atoms with Crippen molar-refractivity contribution >= 4 is 5.91 Å². The molecule has 1 fully saturated rings. The highest BCUT2D eigenvalue weighted by atomic mass is 16.5. The third kappa shape index (κ3) is 3.86. The number of hydrogen-bond donors (Lipinski definition) is 1. The summed E-state index contributed by atoms with van der Waals surface area (Å²) in [5.74, 6) is 0.867. The molecule has 7 nitrogen and oxygen atoms in total. The molecule has 1 aliphatic rings. The lowest BCUT2D eigenvalue weighted by atomic mass is 9.91. The van der Waals surface area contributed by atoms with Gasteiger partial charge >= 0.3 is 0 Å². The molecule has 0 aromatic carbocycles. The Bertz CT molecular complexity index is 757. The van der Waals surface area contributed by atoms with Crippen LogP contribution in [0.2, 0.25) is 0 Å². The fourth-order valence-corrected chi connectivity index (χ4v) is 3.12. The summed E-state index contributed by atoms with van der Waals surface area (Å²) in [6.45, 7) is 4.23. The van der Waals surface area contributed by atoms with Crippen LogP contribution in [0.3, 0.4) is 0 Å². The Kier molecular flexibility index (Phi) is 5.41. The van der Waals surface area contributed by atoms with Crippen molar-refractivity contribution in [3.63, 3.8) is 0 Å². The number of carbonyl (C=O) groups is 1. The van der Waals surface area contributed by atoms with E-state index in [0.29, 0.717) is 24.5 Å². The molecule has 0 saturated carbocycles. The van der Waals surface area contributed by atoms with Crippen LogP contribution in [0.25, 0.3) is 0 Å². The van der Waals surface area contributed by atoms with E-state index in [4.69, 9.17) is 10.00 Å². The van der Waals surface area contributed by atoms with E-state index in [0.717, 1.165) is 25.2 Å². The molecule has 2 aromatic rings. The third-order valence-electron chi connectivity index (χ3n) is 4.52. The second-order valence-electron chi connectivity index (χ2n) is 6.02. The largest absolute Gasteiger partial charge is 0.381 e. The van der Waals surface area contributed by atoms with Gasteiger partial charge in [0.25, 0.3) is 5.91 Å². The number of nitrogens with zero attached hydrogens (tertiary/aromatic N) is 4. The summed E-state index contributed by atoms with van der Waals surface area (Å²) < 4.78 is 7.50. The van der Waals surface area contributed by atoms with E-state index in [1.165, 1.54) is 6.20 Å². The standard InChI is InChI=1S/C18H21N5O2/c1-2-23-8-7-20-17(23)16(14-5-9-25-10-6-14)22-18(24)15-4-3-13(11-19)12-21-15/h3-4,7-8,12,14,16H,2,5-6,9-10H2,1H3,(H,22,24). The first-order chi connectivity index (χ1) is 12.2. The molecular weight excluding hydrogens is 318 g/mol. The average molecular weight is 339 g/mol. The van der Waals surface area contributed by atoms with Gasteiger partial charge in [-0.05, 0) is 37.8 Å². The van der Waals surface area contributed by atoms with Gasteiger partial charge in [-0.3, -0.25) is 4.79 Å². The summed E-state index contributed by atoms with van der Waals surface area (Å²) in [6.07, 6.45) is 6.85.